The number of hydrogen-bond acceptors (Lipinski definition) is 3. The number of carbonyl (C=O) groups excluding carboxylic acids is 3. The van der Waals surface area contributed by atoms with Crippen LogP contribution in [0.15, 0.2) is 72.8 Å². The molecule has 7 heteroatoms. The average molecular weight is 436 g/mol. The topological polar surface area (TPSA) is 87.3 Å². The van der Waals surface area contributed by atoms with E-state index in [1.165, 1.54) is 0 Å². The molecule has 31 heavy (non-hydrogen) atoms. The molecular formula is C24H22ClN3O3. The minimum Gasteiger partial charge on any atom is -0.352 e. The van der Waals surface area contributed by atoms with Gasteiger partial charge >= 0.3 is 0 Å². The zero-order chi connectivity index (χ0) is 22.2. The van der Waals surface area contributed by atoms with Gasteiger partial charge in [0, 0.05) is 29.1 Å². The first-order valence-corrected chi connectivity index (χ1v) is 10.1. The lowest BCUT2D eigenvalue weighted by atomic mass is 10.1. The summed E-state index contributed by atoms with van der Waals surface area (Å²) in [5, 5.41) is 8.85. The highest BCUT2D eigenvalue weighted by molar-refractivity contribution is 6.30. The molecule has 0 saturated heterocycles. The number of halogens is 1. The number of anilines is 2. The monoisotopic (exact) mass is 435 g/mol. The van der Waals surface area contributed by atoms with Gasteiger partial charge in [-0.05, 0) is 55.0 Å². The number of aryl methyl sites for hydroxylation is 1. The van der Waals surface area contributed by atoms with Crippen LogP contribution < -0.4 is 16.0 Å². The van der Waals surface area contributed by atoms with Crippen molar-refractivity contribution in [3.05, 3.63) is 94.5 Å². The summed E-state index contributed by atoms with van der Waals surface area (Å²) >= 11 is 5.86. The van der Waals surface area contributed by atoms with Gasteiger partial charge in [0.05, 0.1) is 11.4 Å². The first kappa shape index (κ1) is 22.1. The molecule has 3 aromatic rings. The molecule has 3 rings (SSSR count). The third-order valence-electron chi connectivity index (χ3n) is 4.58. The van der Waals surface area contributed by atoms with Crippen LogP contribution in [-0.2, 0) is 4.79 Å². The number of rotatable bonds is 7. The van der Waals surface area contributed by atoms with Crippen LogP contribution in [0.1, 0.15) is 32.7 Å². The quantitative estimate of drug-likeness (QED) is 0.504. The van der Waals surface area contributed by atoms with Crippen LogP contribution in [0.2, 0.25) is 5.02 Å². The van der Waals surface area contributed by atoms with Gasteiger partial charge in [-0.25, -0.2) is 0 Å². The Kier molecular flexibility index (Phi) is 7.40. The van der Waals surface area contributed by atoms with Gasteiger partial charge in [-0.15, -0.1) is 0 Å². The number of nitrogens with one attached hydrogen (secondary N) is 3. The molecule has 0 aliphatic carbocycles. The highest BCUT2D eigenvalue weighted by atomic mass is 35.5. The Labute approximate surface area is 185 Å². The van der Waals surface area contributed by atoms with E-state index in [0.717, 1.165) is 5.56 Å². The highest BCUT2D eigenvalue weighted by Crippen LogP contribution is 2.22. The summed E-state index contributed by atoms with van der Waals surface area (Å²) in [5.41, 5.74) is 2.84. The Morgan fingerprint density at radius 3 is 2.06 bits per heavy atom. The van der Waals surface area contributed by atoms with Crippen molar-refractivity contribution < 1.29 is 14.4 Å². The maximum absolute atomic E-state index is 12.5. The molecule has 0 spiro atoms. The fourth-order valence-corrected chi connectivity index (χ4v) is 3.05. The number of hydrogen-bond donors (Lipinski definition) is 3. The highest BCUT2D eigenvalue weighted by Gasteiger charge is 2.12. The van der Waals surface area contributed by atoms with E-state index in [4.69, 9.17) is 11.6 Å². The second kappa shape index (κ2) is 10.4. The van der Waals surface area contributed by atoms with Gasteiger partial charge in [0.25, 0.3) is 11.8 Å². The van der Waals surface area contributed by atoms with Gasteiger partial charge in [-0.1, -0.05) is 41.9 Å². The van der Waals surface area contributed by atoms with Crippen molar-refractivity contribution in [1.29, 1.82) is 0 Å². The van der Waals surface area contributed by atoms with Crippen LogP contribution in [0.25, 0.3) is 0 Å². The number of carbonyl (C=O) groups is 3. The summed E-state index contributed by atoms with van der Waals surface area (Å²) in [6, 6.07) is 20.7. The molecule has 3 amide bonds. The van der Waals surface area contributed by atoms with E-state index in [0.29, 0.717) is 27.5 Å². The molecule has 0 aromatic heterocycles. The third-order valence-corrected chi connectivity index (χ3v) is 4.84. The van der Waals surface area contributed by atoms with Crippen molar-refractivity contribution >= 4 is 40.7 Å². The lowest BCUT2D eigenvalue weighted by Crippen LogP contribution is -2.28. The van der Waals surface area contributed by atoms with E-state index >= 15 is 0 Å². The second-order valence-corrected chi connectivity index (χ2v) is 7.31. The van der Waals surface area contributed by atoms with Crippen LogP contribution in [0.3, 0.4) is 0 Å². The zero-order valence-corrected chi connectivity index (χ0v) is 17.7. The summed E-state index contributed by atoms with van der Waals surface area (Å²) in [6.45, 7) is 2.05. The Hall–Kier alpha value is -3.64. The number of para-hydroxylation sites is 2. The molecule has 0 aliphatic heterocycles. The molecule has 0 bridgehead atoms. The van der Waals surface area contributed by atoms with Gasteiger partial charge in [0.15, 0.2) is 0 Å². The van der Waals surface area contributed by atoms with E-state index in [1.807, 2.05) is 19.1 Å². The van der Waals surface area contributed by atoms with Gasteiger partial charge in [-0.2, -0.15) is 0 Å². The lowest BCUT2D eigenvalue weighted by molar-refractivity contribution is -0.116. The standard InChI is InChI=1S/C24H22ClN3O3/c1-16-6-2-3-7-19(16)24(31)26-15-14-22(29)27-20-8-4-5-9-21(20)28-23(30)17-10-12-18(25)13-11-17/h2-13H,14-15H2,1H3,(H,26,31)(H,27,29)(H,28,30). The van der Waals surface area contributed by atoms with Gasteiger partial charge in [0.1, 0.15) is 0 Å². The third kappa shape index (κ3) is 6.17. The zero-order valence-electron chi connectivity index (χ0n) is 16.9. The maximum Gasteiger partial charge on any atom is 0.255 e. The lowest BCUT2D eigenvalue weighted by Gasteiger charge is -2.13. The van der Waals surface area contributed by atoms with E-state index in [2.05, 4.69) is 16.0 Å². The smallest absolute Gasteiger partial charge is 0.255 e. The molecular weight excluding hydrogens is 414 g/mol. The molecule has 0 heterocycles. The molecule has 0 radical (unpaired) electrons. The predicted octanol–water partition coefficient (Wildman–Crippen LogP) is 4.66. The van der Waals surface area contributed by atoms with Gasteiger partial charge < -0.3 is 16.0 Å². The molecule has 6 nitrogen and oxygen atoms in total. The van der Waals surface area contributed by atoms with Gasteiger partial charge in [-0.3, -0.25) is 14.4 Å². The second-order valence-electron chi connectivity index (χ2n) is 6.88. The Bertz CT molecular complexity index is 1100. The van der Waals surface area contributed by atoms with Crippen molar-refractivity contribution in [2.24, 2.45) is 0 Å². The Morgan fingerprint density at radius 2 is 1.39 bits per heavy atom. The van der Waals surface area contributed by atoms with Crippen LogP contribution >= 0.6 is 11.6 Å². The van der Waals surface area contributed by atoms with Crippen molar-refractivity contribution in [2.75, 3.05) is 17.2 Å². The molecule has 3 aromatic carbocycles. The van der Waals surface area contributed by atoms with Crippen LogP contribution in [0, 0.1) is 6.92 Å². The minimum absolute atomic E-state index is 0.0943. The van der Waals surface area contributed by atoms with Crippen LogP contribution in [-0.4, -0.2) is 24.3 Å². The fourth-order valence-electron chi connectivity index (χ4n) is 2.92. The van der Waals surface area contributed by atoms with E-state index < -0.39 is 0 Å². The maximum atomic E-state index is 12.5. The van der Waals surface area contributed by atoms with Crippen molar-refractivity contribution in [3.63, 3.8) is 0 Å². The molecule has 158 valence electrons. The molecule has 0 atom stereocenters. The van der Waals surface area contributed by atoms with Crippen molar-refractivity contribution in [1.82, 2.24) is 5.32 Å². The van der Waals surface area contributed by atoms with Crippen LogP contribution in [0.4, 0.5) is 11.4 Å². The number of amides is 3. The van der Waals surface area contributed by atoms with E-state index in [1.54, 1.807) is 60.7 Å². The predicted molar refractivity (Wildman–Crippen MR) is 123 cm³/mol. The van der Waals surface area contributed by atoms with Crippen LogP contribution in [0.5, 0.6) is 0 Å². The first-order valence-electron chi connectivity index (χ1n) is 9.73. The van der Waals surface area contributed by atoms with Crippen molar-refractivity contribution in [3.8, 4) is 0 Å². The molecule has 0 fully saturated rings. The van der Waals surface area contributed by atoms with E-state index in [-0.39, 0.29) is 30.7 Å². The average Bonchev–Trinajstić information content (AvgIpc) is 2.75. The normalized spacial score (nSPS) is 10.3. The molecule has 0 aliphatic rings. The summed E-state index contributed by atoms with van der Waals surface area (Å²) in [7, 11) is 0. The van der Waals surface area contributed by atoms with E-state index in [9.17, 15) is 14.4 Å². The Balaban J connectivity index is 1.55. The summed E-state index contributed by atoms with van der Waals surface area (Å²) in [4.78, 5) is 37.0. The molecule has 0 saturated carbocycles. The minimum atomic E-state index is -0.316. The summed E-state index contributed by atoms with van der Waals surface area (Å²) in [5.74, 6) is -0.816. The van der Waals surface area contributed by atoms with Crippen molar-refractivity contribution in [2.45, 2.75) is 13.3 Å². The fraction of sp³-hybridized carbons (Fsp3) is 0.125. The molecule has 3 N–H and O–H groups in total. The SMILES string of the molecule is Cc1ccccc1C(=O)NCCC(=O)Nc1ccccc1NC(=O)c1ccc(Cl)cc1. The first-order chi connectivity index (χ1) is 14.9. The summed E-state index contributed by atoms with van der Waals surface area (Å²) < 4.78 is 0. The summed E-state index contributed by atoms with van der Waals surface area (Å²) in [6.07, 6.45) is 0.0943. The Morgan fingerprint density at radius 1 is 0.774 bits per heavy atom. The van der Waals surface area contributed by atoms with Gasteiger partial charge in [0.2, 0.25) is 5.91 Å². The molecule has 0 unspecified atom stereocenters. The number of benzene rings is 3. The largest absolute Gasteiger partial charge is 0.352 e.